The molecule has 14 heteroatoms. The van der Waals surface area contributed by atoms with E-state index in [2.05, 4.69) is 0 Å². The second-order valence-corrected chi connectivity index (χ2v) is 9.30. The van der Waals surface area contributed by atoms with Crippen LogP contribution < -0.4 is 9.47 Å². The third-order valence-corrected chi connectivity index (χ3v) is 7.23. The Hall–Kier alpha value is -2.53. The van der Waals surface area contributed by atoms with Crippen molar-refractivity contribution in [1.29, 1.82) is 0 Å². The van der Waals surface area contributed by atoms with Crippen LogP contribution in [0.15, 0.2) is 30.5 Å². The molecule has 212 valence electrons. The van der Waals surface area contributed by atoms with Gasteiger partial charge in [-0.25, -0.2) is 4.79 Å². The number of benzene rings is 1. The molecule has 2 fully saturated rings. The highest BCUT2D eigenvalue weighted by Gasteiger charge is 2.65. The summed E-state index contributed by atoms with van der Waals surface area (Å²) in [6.07, 6.45) is -10.1. The molecule has 1 aromatic rings. The van der Waals surface area contributed by atoms with Gasteiger partial charge in [-0.2, -0.15) is 0 Å². The van der Waals surface area contributed by atoms with E-state index >= 15 is 0 Å². The van der Waals surface area contributed by atoms with Crippen LogP contribution in [0.1, 0.15) is 10.4 Å². The fourth-order valence-corrected chi connectivity index (χ4v) is 5.10. The summed E-state index contributed by atoms with van der Waals surface area (Å²) < 4.78 is 32.4. The second kappa shape index (κ2) is 11.3. The highest BCUT2D eigenvalue weighted by Crippen LogP contribution is 2.48. The highest BCUT2D eigenvalue weighted by atomic mass is 16.8. The van der Waals surface area contributed by atoms with E-state index in [1.54, 1.807) is 0 Å². The Morgan fingerprint density at radius 3 is 2.34 bits per heavy atom. The minimum Gasteiger partial charge on any atom is -0.493 e. The van der Waals surface area contributed by atoms with Crippen LogP contribution in [0.5, 0.6) is 11.5 Å². The Bertz CT molecular complexity index is 1020. The topological polar surface area (TPSA) is 214 Å². The molecular weight excluding hydrogens is 512 g/mol. The third kappa shape index (κ3) is 4.83. The molecule has 4 rings (SSSR count). The quantitative estimate of drug-likeness (QED) is 0.165. The van der Waals surface area contributed by atoms with E-state index < -0.39 is 85.8 Å². The second-order valence-electron chi connectivity index (χ2n) is 9.30. The number of esters is 1. The standard InChI is InChI=1S/C24H32O14/c1-33-12-4-3-10(7-13(12)34-2)21(31)37-19-11-5-6-35-22(15(11)24(32,9-26)20(19)30)38-23-18(29)17(28)16(27)14(8-25)36-23/h3-7,11,14-20,22-23,25-30,32H,8-9H2,1-2H3/t11-,14-,15-,16-,17+,18-,19+,20+,22+,23+,24-/m1/s1. The summed E-state index contributed by atoms with van der Waals surface area (Å²) >= 11 is 0. The Morgan fingerprint density at radius 2 is 1.71 bits per heavy atom. The average Bonchev–Trinajstić information content (AvgIpc) is 3.15. The van der Waals surface area contributed by atoms with Gasteiger partial charge in [-0.15, -0.1) is 0 Å². The molecule has 0 unspecified atom stereocenters. The van der Waals surface area contributed by atoms with Crippen LogP contribution in [-0.2, 0) is 18.9 Å². The van der Waals surface area contributed by atoms with Crippen LogP contribution in [-0.4, -0.2) is 124 Å². The van der Waals surface area contributed by atoms with Gasteiger partial charge >= 0.3 is 5.97 Å². The SMILES string of the molecule is COc1ccc(C(=O)O[C@H]2[C@@H]3C=CO[C@@H](O[C@@H]4O[C@H](CO)[C@@H](O)[C@H](O)[C@H]4O)[C@@H]3[C@](O)(CO)[C@H]2O)cc1OC. The monoisotopic (exact) mass is 544 g/mol. The van der Waals surface area contributed by atoms with Crippen molar-refractivity contribution >= 4 is 5.97 Å². The van der Waals surface area contributed by atoms with E-state index in [0.717, 1.165) is 0 Å². The molecule has 3 aliphatic rings. The first-order chi connectivity index (χ1) is 18.1. The number of rotatable bonds is 8. The maximum Gasteiger partial charge on any atom is 0.338 e. The maximum absolute atomic E-state index is 13.0. The molecule has 2 aliphatic heterocycles. The van der Waals surface area contributed by atoms with E-state index in [-0.39, 0.29) is 11.3 Å². The first kappa shape index (κ1) is 28.5. The van der Waals surface area contributed by atoms with Crippen molar-refractivity contribution in [1.82, 2.24) is 0 Å². The van der Waals surface area contributed by atoms with Gasteiger partial charge in [0.2, 0.25) is 6.29 Å². The van der Waals surface area contributed by atoms with Gasteiger partial charge < -0.3 is 64.2 Å². The van der Waals surface area contributed by atoms with Gasteiger partial charge in [0.05, 0.1) is 45.2 Å². The van der Waals surface area contributed by atoms with Crippen LogP contribution in [0.2, 0.25) is 0 Å². The van der Waals surface area contributed by atoms with Crippen LogP contribution in [0.25, 0.3) is 0 Å². The van der Waals surface area contributed by atoms with Gasteiger partial charge in [0.15, 0.2) is 17.8 Å². The van der Waals surface area contributed by atoms with Crippen molar-refractivity contribution in [2.24, 2.45) is 11.8 Å². The predicted octanol–water partition coefficient (Wildman–Crippen LogP) is -2.75. The van der Waals surface area contributed by atoms with E-state index in [4.69, 9.17) is 28.4 Å². The van der Waals surface area contributed by atoms with Gasteiger partial charge in [0.1, 0.15) is 42.2 Å². The van der Waals surface area contributed by atoms with Crippen molar-refractivity contribution in [3.8, 4) is 11.5 Å². The highest BCUT2D eigenvalue weighted by molar-refractivity contribution is 5.90. The number of ether oxygens (including phenoxy) is 6. The summed E-state index contributed by atoms with van der Waals surface area (Å²) in [5.74, 6) is -2.40. The smallest absolute Gasteiger partial charge is 0.338 e. The number of hydrogen-bond donors (Lipinski definition) is 7. The Morgan fingerprint density at radius 1 is 1.00 bits per heavy atom. The lowest BCUT2D eigenvalue weighted by atomic mass is 9.83. The molecule has 11 atom stereocenters. The van der Waals surface area contributed by atoms with Crippen molar-refractivity contribution < 1.29 is 69.0 Å². The van der Waals surface area contributed by atoms with Crippen LogP contribution >= 0.6 is 0 Å². The van der Waals surface area contributed by atoms with Crippen molar-refractivity contribution in [3.05, 3.63) is 36.1 Å². The van der Waals surface area contributed by atoms with Crippen LogP contribution in [0.4, 0.5) is 0 Å². The van der Waals surface area contributed by atoms with Gasteiger partial charge in [-0.05, 0) is 24.3 Å². The summed E-state index contributed by atoms with van der Waals surface area (Å²) in [6.45, 7) is -1.68. The number of fused-ring (bicyclic) bond motifs is 1. The average molecular weight is 545 g/mol. The van der Waals surface area contributed by atoms with E-state index in [0.29, 0.717) is 5.75 Å². The molecule has 0 bridgehead atoms. The van der Waals surface area contributed by atoms with Crippen molar-refractivity contribution in [2.75, 3.05) is 27.4 Å². The minimum atomic E-state index is -2.29. The molecule has 1 saturated heterocycles. The molecule has 14 nitrogen and oxygen atoms in total. The third-order valence-electron chi connectivity index (χ3n) is 7.23. The summed E-state index contributed by atoms with van der Waals surface area (Å²) in [6, 6.07) is 4.29. The molecule has 2 heterocycles. The summed E-state index contributed by atoms with van der Waals surface area (Å²) in [4.78, 5) is 13.0. The zero-order valence-electron chi connectivity index (χ0n) is 20.6. The molecule has 1 aliphatic carbocycles. The molecule has 1 aromatic carbocycles. The molecular formula is C24H32O14. The zero-order valence-corrected chi connectivity index (χ0v) is 20.6. The summed E-state index contributed by atoms with van der Waals surface area (Å²) in [7, 11) is 2.82. The van der Waals surface area contributed by atoms with E-state index in [1.165, 1.54) is 44.8 Å². The van der Waals surface area contributed by atoms with E-state index in [1.807, 2.05) is 0 Å². The lowest BCUT2D eigenvalue weighted by molar-refractivity contribution is -0.348. The van der Waals surface area contributed by atoms with Crippen LogP contribution in [0, 0.1) is 11.8 Å². The fraction of sp³-hybridized carbons (Fsp3) is 0.625. The molecule has 0 spiro atoms. The molecule has 0 aromatic heterocycles. The fourth-order valence-electron chi connectivity index (χ4n) is 5.10. The molecule has 0 amide bonds. The Balaban J connectivity index is 1.57. The van der Waals surface area contributed by atoms with Gasteiger partial charge in [0, 0.05) is 5.92 Å². The van der Waals surface area contributed by atoms with Crippen molar-refractivity contribution in [2.45, 2.75) is 54.8 Å². The first-order valence-corrected chi connectivity index (χ1v) is 11.8. The lowest BCUT2D eigenvalue weighted by Gasteiger charge is -2.43. The maximum atomic E-state index is 13.0. The number of aliphatic hydroxyl groups is 7. The molecule has 1 saturated carbocycles. The van der Waals surface area contributed by atoms with Gasteiger partial charge in [-0.1, -0.05) is 0 Å². The summed E-state index contributed by atoms with van der Waals surface area (Å²) in [5, 5.41) is 72.2. The zero-order chi connectivity index (χ0) is 27.8. The molecule has 7 N–H and O–H groups in total. The Kier molecular flexibility index (Phi) is 8.46. The van der Waals surface area contributed by atoms with Crippen LogP contribution in [0.3, 0.4) is 0 Å². The minimum absolute atomic E-state index is 0.0657. The van der Waals surface area contributed by atoms with Crippen molar-refractivity contribution in [3.63, 3.8) is 0 Å². The Labute approximate surface area is 217 Å². The summed E-state index contributed by atoms with van der Waals surface area (Å²) in [5.41, 5.74) is -2.23. The largest absolute Gasteiger partial charge is 0.493 e. The predicted molar refractivity (Wildman–Crippen MR) is 123 cm³/mol. The van der Waals surface area contributed by atoms with Gasteiger partial charge in [0.25, 0.3) is 0 Å². The number of hydrogen-bond acceptors (Lipinski definition) is 14. The first-order valence-electron chi connectivity index (χ1n) is 11.8. The lowest BCUT2D eigenvalue weighted by Crippen LogP contribution is -2.61. The molecule has 0 radical (unpaired) electrons. The van der Waals surface area contributed by atoms with Gasteiger partial charge in [-0.3, -0.25) is 0 Å². The molecule has 38 heavy (non-hydrogen) atoms. The number of aliphatic hydroxyl groups excluding tert-OH is 6. The normalized spacial score (nSPS) is 40.2. The van der Waals surface area contributed by atoms with E-state index in [9.17, 15) is 40.5 Å². The number of carbonyl (C=O) groups excluding carboxylic acids is 1. The number of carbonyl (C=O) groups is 1. The number of methoxy groups -OCH3 is 2.